The number of aryl methyl sites for hydroxylation is 1. The molecular weight excluding hydrogens is 374 g/mol. The first-order chi connectivity index (χ1) is 14.6. The molecule has 148 valence electrons. The zero-order chi connectivity index (χ0) is 20.6. The first-order valence-electron chi connectivity index (χ1n) is 10.3. The molecule has 3 aromatic carbocycles. The number of carbonyl (C=O) groups is 2. The van der Waals surface area contributed by atoms with Crippen LogP contribution >= 0.6 is 0 Å². The maximum Gasteiger partial charge on any atom is 0.239 e. The molecule has 4 nitrogen and oxygen atoms in total. The van der Waals surface area contributed by atoms with Crippen LogP contribution < -0.4 is 4.90 Å². The van der Waals surface area contributed by atoms with Gasteiger partial charge in [-0.2, -0.15) is 0 Å². The van der Waals surface area contributed by atoms with E-state index in [1.807, 2.05) is 79.7 Å². The maximum absolute atomic E-state index is 13.8. The second-order valence-corrected chi connectivity index (χ2v) is 8.64. The molecule has 1 saturated heterocycles. The van der Waals surface area contributed by atoms with E-state index in [-0.39, 0.29) is 24.3 Å². The van der Waals surface area contributed by atoms with Crippen LogP contribution in [-0.4, -0.2) is 23.5 Å². The van der Waals surface area contributed by atoms with E-state index in [4.69, 9.17) is 0 Å². The van der Waals surface area contributed by atoms with Gasteiger partial charge in [-0.1, -0.05) is 60.7 Å². The number of carbonyl (C=O) groups excluding carboxylic acids is 2. The number of anilines is 1. The average Bonchev–Trinajstić information content (AvgIpc) is 3.05. The third-order valence-electron chi connectivity index (χ3n) is 7.30. The van der Waals surface area contributed by atoms with Gasteiger partial charge in [0.25, 0.3) is 0 Å². The van der Waals surface area contributed by atoms with Crippen molar-refractivity contribution in [2.24, 2.45) is 11.8 Å². The summed E-state index contributed by atoms with van der Waals surface area (Å²) in [6.45, 7) is 1.74. The average molecular weight is 395 g/mol. The van der Waals surface area contributed by atoms with E-state index in [1.54, 1.807) is 0 Å². The third kappa shape index (κ3) is 1.90. The SMILES string of the molecule is Cc1cccc(N2C(=O)C3C4c5ccccc5C(CO)(c5ccccc54)C3C2=O)c1. The van der Waals surface area contributed by atoms with Crippen LogP contribution in [0.3, 0.4) is 0 Å². The molecule has 0 aromatic heterocycles. The Morgan fingerprint density at radius 2 is 1.50 bits per heavy atom. The largest absolute Gasteiger partial charge is 0.395 e. The summed E-state index contributed by atoms with van der Waals surface area (Å²) in [5, 5.41) is 10.8. The standard InChI is InChI=1S/C26H21NO3/c1-15-7-6-8-16(13-15)27-24(29)22-21-17-9-2-4-11-19(17)26(14-28,23(22)25(27)30)20-12-5-3-10-18(20)21/h2-13,21-23,28H,14H2,1H3. The molecule has 2 atom stereocenters. The minimum Gasteiger partial charge on any atom is -0.395 e. The molecule has 2 unspecified atom stereocenters. The van der Waals surface area contributed by atoms with Crippen LogP contribution in [0, 0.1) is 18.8 Å². The Morgan fingerprint density at radius 1 is 0.867 bits per heavy atom. The van der Waals surface area contributed by atoms with Gasteiger partial charge in [0.1, 0.15) is 0 Å². The first-order valence-corrected chi connectivity index (χ1v) is 10.3. The van der Waals surface area contributed by atoms with Gasteiger partial charge in [-0.3, -0.25) is 9.59 Å². The Labute approximate surface area is 174 Å². The maximum atomic E-state index is 13.8. The van der Waals surface area contributed by atoms with Crippen molar-refractivity contribution in [3.8, 4) is 0 Å². The van der Waals surface area contributed by atoms with Gasteiger partial charge >= 0.3 is 0 Å². The third-order valence-corrected chi connectivity index (χ3v) is 7.30. The summed E-state index contributed by atoms with van der Waals surface area (Å²) in [7, 11) is 0. The molecule has 1 heterocycles. The monoisotopic (exact) mass is 395 g/mol. The van der Waals surface area contributed by atoms with Crippen molar-refractivity contribution in [1.82, 2.24) is 0 Å². The molecule has 30 heavy (non-hydrogen) atoms. The summed E-state index contributed by atoms with van der Waals surface area (Å²) in [5.41, 5.74) is 4.76. The number of benzene rings is 3. The number of hydrogen-bond donors (Lipinski definition) is 1. The molecule has 7 rings (SSSR count). The van der Waals surface area contributed by atoms with E-state index in [1.165, 1.54) is 4.90 Å². The minimum absolute atomic E-state index is 0.164. The van der Waals surface area contributed by atoms with Crippen LogP contribution in [0.1, 0.15) is 33.7 Å². The van der Waals surface area contributed by atoms with Crippen molar-refractivity contribution in [1.29, 1.82) is 0 Å². The van der Waals surface area contributed by atoms with Crippen molar-refractivity contribution >= 4 is 17.5 Å². The Kier molecular flexibility index (Phi) is 3.46. The molecule has 2 amide bonds. The highest BCUT2D eigenvalue weighted by Crippen LogP contribution is 2.64. The number of amides is 2. The minimum atomic E-state index is -0.905. The van der Waals surface area contributed by atoms with Crippen molar-refractivity contribution < 1.29 is 14.7 Å². The van der Waals surface area contributed by atoms with E-state index in [2.05, 4.69) is 0 Å². The second kappa shape index (κ2) is 5.89. The van der Waals surface area contributed by atoms with Crippen molar-refractivity contribution in [3.63, 3.8) is 0 Å². The smallest absolute Gasteiger partial charge is 0.239 e. The first kappa shape index (κ1) is 17.6. The zero-order valence-corrected chi connectivity index (χ0v) is 16.6. The summed E-state index contributed by atoms with van der Waals surface area (Å²) < 4.78 is 0. The van der Waals surface area contributed by atoms with Gasteiger partial charge in [0.15, 0.2) is 0 Å². The highest BCUT2D eigenvalue weighted by Gasteiger charge is 2.68. The molecule has 3 aromatic rings. The van der Waals surface area contributed by atoms with Gasteiger partial charge in [-0.25, -0.2) is 4.90 Å². The van der Waals surface area contributed by atoms with Crippen LogP contribution in [0.4, 0.5) is 5.69 Å². The lowest BCUT2D eigenvalue weighted by atomic mass is 9.47. The van der Waals surface area contributed by atoms with Crippen LogP contribution in [0.25, 0.3) is 0 Å². The lowest BCUT2D eigenvalue weighted by molar-refractivity contribution is -0.124. The Balaban J connectivity index is 1.65. The summed E-state index contributed by atoms with van der Waals surface area (Å²) >= 11 is 0. The van der Waals surface area contributed by atoms with Crippen LogP contribution in [0.15, 0.2) is 72.8 Å². The second-order valence-electron chi connectivity index (χ2n) is 8.64. The summed E-state index contributed by atoms with van der Waals surface area (Å²) in [6, 6.07) is 23.5. The highest BCUT2D eigenvalue weighted by atomic mass is 16.3. The van der Waals surface area contributed by atoms with Crippen molar-refractivity contribution in [3.05, 3.63) is 101 Å². The number of rotatable bonds is 2. The van der Waals surface area contributed by atoms with E-state index >= 15 is 0 Å². The van der Waals surface area contributed by atoms with Crippen molar-refractivity contribution in [2.45, 2.75) is 18.3 Å². The number of imide groups is 1. The molecule has 3 aliphatic carbocycles. The topological polar surface area (TPSA) is 57.6 Å². The fourth-order valence-corrected chi connectivity index (χ4v) is 6.22. The molecule has 4 heteroatoms. The Morgan fingerprint density at radius 3 is 2.10 bits per heavy atom. The normalized spacial score (nSPS) is 28.3. The molecule has 0 radical (unpaired) electrons. The van der Waals surface area contributed by atoms with Gasteiger partial charge in [-0.05, 0) is 46.9 Å². The summed E-state index contributed by atoms with van der Waals surface area (Å²) in [4.78, 5) is 28.9. The number of hydrogen-bond acceptors (Lipinski definition) is 3. The van der Waals surface area contributed by atoms with Gasteiger partial charge in [0, 0.05) is 5.92 Å². The van der Waals surface area contributed by atoms with E-state index in [0.29, 0.717) is 5.69 Å². The molecule has 0 saturated carbocycles. The molecule has 2 bridgehead atoms. The molecule has 1 fully saturated rings. The molecule has 4 aliphatic rings. The zero-order valence-electron chi connectivity index (χ0n) is 16.6. The summed E-state index contributed by atoms with van der Waals surface area (Å²) in [6.07, 6.45) is 0. The van der Waals surface area contributed by atoms with E-state index in [0.717, 1.165) is 27.8 Å². The fourth-order valence-electron chi connectivity index (χ4n) is 6.22. The lowest BCUT2D eigenvalue weighted by Gasteiger charge is -2.53. The van der Waals surface area contributed by atoms with Gasteiger partial charge < -0.3 is 5.11 Å². The number of nitrogens with zero attached hydrogens (tertiary/aromatic N) is 1. The van der Waals surface area contributed by atoms with Crippen LogP contribution in [0.2, 0.25) is 0 Å². The van der Waals surface area contributed by atoms with Crippen LogP contribution in [0.5, 0.6) is 0 Å². The summed E-state index contributed by atoms with van der Waals surface area (Å²) in [5.74, 6) is -1.66. The van der Waals surface area contributed by atoms with Gasteiger partial charge in [0.2, 0.25) is 11.8 Å². The predicted molar refractivity (Wildman–Crippen MR) is 113 cm³/mol. The Bertz CT molecular complexity index is 1180. The van der Waals surface area contributed by atoms with Gasteiger partial charge in [0.05, 0.1) is 29.5 Å². The predicted octanol–water partition coefficient (Wildman–Crippen LogP) is 3.54. The van der Waals surface area contributed by atoms with Crippen molar-refractivity contribution in [2.75, 3.05) is 11.5 Å². The quantitative estimate of drug-likeness (QED) is 0.676. The Hall–Kier alpha value is -3.24. The van der Waals surface area contributed by atoms with Crippen LogP contribution in [-0.2, 0) is 15.0 Å². The van der Waals surface area contributed by atoms with Gasteiger partial charge in [-0.15, -0.1) is 0 Å². The lowest BCUT2D eigenvalue weighted by Crippen LogP contribution is -2.55. The number of aliphatic hydroxyl groups is 1. The molecule has 1 N–H and O–H groups in total. The molecular formula is C26H21NO3. The molecule has 0 spiro atoms. The number of aliphatic hydroxyl groups excluding tert-OH is 1. The highest BCUT2D eigenvalue weighted by molar-refractivity contribution is 6.23. The molecule has 1 aliphatic heterocycles. The van der Waals surface area contributed by atoms with E-state index < -0.39 is 17.3 Å². The fraction of sp³-hybridized carbons (Fsp3) is 0.231. The van der Waals surface area contributed by atoms with E-state index in [9.17, 15) is 14.7 Å².